The van der Waals surface area contributed by atoms with Crippen LogP contribution in [0, 0.1) is 5.41 Å². The Balaban J connectivity index is 0.00000338. The largest absolute Gasteiger partial charge is 0.356 e. The van der Waals surface area contributed by atoms with Crippen LogP contribution < -0.4 is 15.4 Å². The molecule has 1 aliphatic rings. The van der Waals surface area contributed by atoms with Gasteiger partial charge in [-0.05, 0) is 49.4 Å². The smallest absolute Gasteiger partial charge is 0.240 e. The van der Waals surface area contributed by atoms with Gasteiger partial charge in [0.15, 0.2) is 5.96 Å². The summed E-state index contributed by atoms with van der Waals surface area (Å²) in [6, 6.07) is 6.92. The van der Waals surface area contributed by atoms with Crippen molar-refractivity contribution in [2.24, 2.45) is 10.4 Å². The Bertz CT molecular complexity index is 701. The Hall–Kier alpha value is -0.870. The highest BCUT2D eigenvalue weighted by molar-refractivity contribution is 14.0. The van der Waals surface area contributed by atoms with Crippen molar-refractivity contribution >= 4 is 40.0 Å². The Kier molecular flexibility index (Phi) is 9.32. The molecule has 1 aromatic rings. The first-order chi connectivity index (χ1) is 11.9. The molecular formula is C18H31IN4O2S. The summed E-state index contributed by atoms with van der Waals surface area (Å²) >= 11 is 0. The summed E-state index contributed by atoms with van der Waals surface area (Å²) in [6.07, 6.45) is 6.36. The second kappa shape index (κ2) is 10.5. The highest BCUT2D eigenvalue weighted by Gasteiger charge is 2.31. The van der Waals surface area contributed by atoms with E-state index < -0.39 is 10.0 Å². The first-order valence-corrected chi connectivity index (χ1v) is 10.4. The van der Waals surface area contributed by atoms with Gasteiger partial charge in [0.1, 0.15) is 0 Å². The molecular weight excluding hydrogens is 463 g/mol. The van der Waals surface area contributed by atoms with Crippen molar-refractivity contribution in [2.75, 3.05) is 20.6 Å². The minimum absolute atomic E-state index is 0. The normalized spacial score (nSPS) is 16.8. The number of halogens is 1. The van der Waals surface area contributed by atoms with Crippen LogP contribution in [-0.4, -0.2) is 35.0 Å². The SMILES string of the molecule is CCC1(CNC(=NC)NCc2cccc(S(=O)(=O)NC)c2)CCCC1.I. The van der Waals surface area contributed by atoms with Gasteiger partial charge in [0.05, 0.1) is 4.90 Å². The Morgan fingerprint density at radius 1 is 1.23 bits per heavy atom. The lowest BCUT2D eigenvalue weighted by molar-refractivity contribution is 0.283. The van der Waals surface area contributed by atoms with Crippen molar-refractivity contribution < 1.29 is 8.42 Å². The molecule has 0 aliphatic heterocycles. The van der Waals surface area contributed by atoms with Crippen LogP contribution in [0.5, 0.6) is 0 Å². The summed E-state index contributed by atoms with van der Waals surface area (Å²) in [4.78, 5) is 4.55. The highest BCUT2D eigenvalue weighted by Crippen LogP contribution is 2.40. The monoisotopic (exact) mass is 494 g/mol. The third-order valence-corrected chi connectivity index (χ3v) is 6.62. The molecule has 1 fully saturated rings. The number of nitrogens with zero attached hydrogens (tertiary/aromatic N) is 1. The van der Waals surface area contributed by atoms with E-state index in [1.165, 1.54) is 39.2 Å². The molecule has 1 saturated carbocycles. The zero-order valence-corrected chi connectivity index (χ0v) is 19.0. The second-order valence-corrected chi connectivity index (χ2v) is 8.58. The number of benzene rings is 1. The average Bonchev–Trinajstić information content (AvgIpc) is 3.11. The van der Waals surface area contributed by atoms with E-state index in [4.69, 9.17) is 0 Å². The fourth-order valence-electron chi connectivity index (χ4n) is 3.40. The Morgan fingerprint density at radius 3 is 2.50 bits per heavy atom. The van der Waals surface area contributed by atoms with Gasteiger partial charge in [-0.2, -0.15) is 0 Å². The van der Waals surface area contributed by atoms with E-state index in [1.54, 1.807) is 25.2 Å². The Labute approximate surface area is 174 Å². The van der Waals surface area contributed by atoms with Crippen molar-refractivity contribution in [1.82, 2.24) is 15.4 Å². The van der Waals surface area contributed by atoms with E-state index in [-0.39, 0.29) is 28.9 Å². The van der Waals surface area contributed by atoms with Gasteiger partial charge in [-0.15, -0.1) is 24.0 Å². The summed E-state index contributed by atoms with van der Waals surface area (Å²) in [6.45, 7) is 3.71. The number of rotatable bonds is 7. The van der Waals surface area contributed by atoms with Crippen LogP contribution in [0.25, 0.3) is 0 Å². The van der Waals surface area contributed by atoms with E-state index in [0.29, 0.717) is 12.0 Å². The number of guanidine groups is 1. The first kappa shape index (κ1) is 23.2. The maximum atomic E-state index is 11.9. The fraction of sp³-hybridized carbons (Fsp3) is 0.611. The van der Waals surface area contributed by atoms with Gasteiger partial charge in [0, 0.05) is 20.1 Å². The van der Waals surface area contributed by atoms with Crippen LogP contribution in [0.1, 0.15) is 44.6 Å². The molecule has 148 valence electrons. The molecule has 0 amide bonds. The maximum absolute atomic E-state index is 11.9. The highest BCUT2D eigenvalue weighted by atomic mass is 127. The van der Waals surface area contributed by atoms with Crippen LogP contribution >= 0.6 is 24.0 Å². The van der Waals surface area contributed by atoms with E-state index in [1.807, 2.05) is 6.07 Å². The van der Waals surface area contributed by atoms with Crippen molar-refractivity contribution in [3.8, 4) is 0 Å². The van der Waals surface area contributed by atoms with Gasteiger partial charge in [-0.1, -0.05) is 31.9 Å². The van der Waals surface area contributed by atoms with Crippen molar-refractivity contribution in [3.63, 3.8) is 0 Å². The number of hydrogen-bond donors (Lipinski definition) is 3. The van der Waals surface area contributed by atoms with Gasteiger partial charge in [0.25, 0.3) is 0 Å². The number of hydrogen-bond acceptors (Lipinski definition) is 3. The molecule has 0 saturated heterocycles. The molecule has 0 unspecified atom stereocenters. The van der Waals surface area contributed by atoms with E-state index >= 15 is 0 Å². The van der Waals surface area contributed by atoms with Gasteiger partial charge in [0.2, 0.25) is 10.0 Å². The standard InChI is InChI=1S/C18H30N4O2S.HI/c1-4-18(10-5-6-11-18)14-22-17(19-2)21-13-15-8-7-9-16(12-15)25(23,24)20-3;/h7-9,12,20H,4-6,10-11,13-14H2,1-3H3,(H2,19,21,22);1H. The predicted octanol–water partition coefficient (Wildman–Crippen LogP) is 2.85. The van der Waals surface area contributed by atoms with E-state index in [2.05, 4.69) is 27.3 Å². The molecule has 2 rings (SSSR count). The molecule has 0 spiro atoms. The molecule has 0 aromatic heterocycles. The third kappa shape index (κ3) is 6.09. The molecule has 0 bridgehead atoms. The quantitative estimate of drug-likeness (QED) is 0.309. The van der Waals surface area contributed by atoms with Crippen LogP contribution in [0.15, 0.2) is 34.2 Å². The lowest BCUT2D eigenvalue weighted by Gasteiger charge is -2.28. The van der Waals surface area contributed by atoms with E-state index in [0.717, 1.165) is 18.1 Å². The lowest BCUT2D eigenvalue weighted by Crippen LogP contribution is -2.42. The molecule has 8 heteroatoms. The maximum Gasteiger partial charge on any atom is 0.240 e. The molecule has 1 aliphatic carbocycles. The van der Waals surface area contributed by atoms with Crippen LogP contribution in [0.2, 0.25) is 0 Å². The Morgan fingerprint density at radius 2 is 1.92 bits per heavy atom. The molecule has 0 radical (unpaired) electrons. The number of aliphatic imine (C=N–C) groups is 1. The third-order valence-electron chi connectivity index (χ3n) is 5.21. The van der Waals surface area contributed by atoms with Crippen LogP contribution in [0.4, 0.5) is 0 Å². The molecule has 3 N–H and O–H groups in total. The predicted molar refractivity (Wildman–Crippen MR) is 117 cm³/mol. The van der Waals surface area contributed by atoms with Crippen molar-refractivity contribution in [3.05, 3.63) is 29.8 Å². The zero-order chi connectivity index (χ0) is 18.3. The summed E-state index contributed by atoms with van der Waals surface area (Å²) < 4.78 is 26.1. The molecule has 0 atom stereocenters. The molecule has 1 aromatic carbocycles. The molecule has 0 heterocycles. The van der Waals surface area contributed by atoms with E-state index in [9.17, 15) is 8.42 Å². The summed E-state index contributed by atoms with van der Waals surface area (Å²) in [5.74, 6) is 0.751. The topological polar surface area (TPSA) is 82.6 Å². The number of sulfonamides is 1. The lowest BCUT2D eigenvalue weighted by atomic mass is 9.83. The van der Waals surface area contributed by atoms with Gasteiger partial charge in [-0.25, -0.2) is 13.1 Å². The molecule has 26 heavy (non-hydrogen) atoms. The fourth-order valence-corrected chi connectivity index (χ4v) is 4.20. The summed E-state index contributed by atoms with van der Waals surface area (Å²) in [7, 11) is -0.252. The van der Waals surface area contributed by atoms with Gasteiger partial charge >= 0.3 is 0 Å². The van der Waals surface area contributed by atoms with Crippen molar-refractivity contribution in [2.45, 2.75) is 50.5 Å². The minimum Gasteiger partial charge on any atom is -0.356 e. The number of nitrogens with one attached hydrogen (secondary N) is 3. The molecule has 6 nitrogen and oxygen atoms in total. The summed E-state index contributed by atoms with van der Waals surface area (Å²) in [5, 5.41) is 6.71. The second-order valence-electron chi connectivity index (χ2n) is 6.69. The first-order valence-electron chi connectivity index (χ1n) is 8.92. The average molecular weight is 494 g/mol. The minimum atomic E-state index is -3.42. The van der Waals surface area contributed by atoms with Crippen LogP contribution in [-0.2, 0) is 16.6 Å². The van der Waals surface area contributed by atoms with Gasteiger partial charge in [-0.3, -0.25) is 4.99 Å². The van der Waals surface area contributed by atoms with Crippen LogP contribution in [0.3, 0.4) is 0 Å². The summed E-state index contributed by atoms with van der Waals surface area (Å²) in [5.41, 5.74) is 1.28. The zero-order valence-electron chi connectivity index (χ0n) is 15.8. The van der Waals surface area contributed by atoms with Gasteiger partial charge < -0.3 is 10.6 Å². The van der Waals surface area contributed by atoms with Crippen molar-refractivity contribution in [1.29, 1.82) is 0 Å².